The zero-order valence-corrected chi connectivity index (χ0v) is 14.0. The molecule has 1 amide bonds. The summed E-state index contributed by atoms with van der Waals surface area (Å²) in [5.41, 5.74) is 2.18. The highest BCUT2D eigenvalue weighted by Crippen LogP contribution is 2.38. The summed E-state index contributed by atoms with van der Waals surface area (Å²) in [6.07, 6.45) is -0.929. The molecular weight excluding hydrogens is 359 g/mol. The van der Waals surface area contributed by atoms with Gasteiger partial charge in [-0.25, -0.2) is 0 Å². The largest absolute Gasteiger partial charge is 0.393 e. The molecule has 0 fully saturated rings. The van der Waals surface area contributed by atoms with E-state index in [1.807, 2.05) is 0 Å². The number of aromatic amines is 1. The van der Waals surface area contributed by atoms with E-state index in [0.717, 1.165) is 4.70 Å². The third kappa shape index (κ3) is 3.22. The Morgan fingerprint density at radius 1 is 1.30 bits per heavy atom. The number of carbonyl (C=O) groups is 1. The van der Waals surface area contributed by atoms with Crippen molar-refractivity contribution >= 4 is 56.3 Å². The van der Waals surface area contributed by atoms with Crippen LogP contribution in [0.1, 0.15) is 22.2 Å². The van der Waals surface area contributed by atoms with E-state index in [1.165, 1.54) is 11.3 Å². The molecule has 2 aromatic heterocycles. The monoisotopic (exact) mass is 370 g/mol. The molecule has 5 nitrogen and oxygen atoms in total. The van der Waals surface area contributed by atoms with E-state index in [9.17, 15) is 9.90 Å². The van der Waals surface area contributed by atoms with E-state index in [0.29, 0.717) is 31.8 Å². The van der Waals surface area contributed by atoms with E-state index in [1.54, 1.807) is 30.3 Å². The third-order valence-corrected chi connectivity index (χ3v) is 5.28. The van der Waals surface area contributed by atoms with Crippen LogP contribution in [0.15, 0.2) is 30.3 Å². The van der Waals surface area contributed by atoms with E-state index < -0.39 is 6.10 Å². The Balaban J connectivity index is 1.77. The van der Waals surface area contributed by atoms with Crippen LogP contribution in [0.2, 0.25) is 9.36 Å². The van der Waals surface area contributed by atoms with E-state index in [-0.39, 0.29) is 12.5 Å². The van der Waals surface area contributed by atoms with Gasteiger partial charge in [-0.3, -0.25) is 4.79 Å². The number of aliphatic hydroxyl groups is 2. The fraction of sp³-hybridized carbons (Fsp3) is 0.133. The van der Waals surface area contributed by atoms with Gasteiger partial charge < -0.3 is 20.5 Å². The summed E-state index contributed by atoms with van der Waals surface area (Å²) in [6.45, 7) is -0.353. The number of nitrogens with one attached hydrogen (secondary N) is 2. The number of halogens is 2. The number of benzene rings is 1. The van der Waals surface area contributed by atoms with Gasteiger partial charge in [-0.15, -0.1) is 11.3 Å². The molecule has 0 aliphatic rings. The number of amides is 1. The SMILES string of the molecule is O=C(Nc1ccc(C(O)CO)cc1)c1cc2sc(Cl)c(Cl)c2[nH]1. The molecule has 0 radical (unpaired) electrons. The lowest BCUT2D eigenvalue weighted by Crippen LogP contribution is -2.12. The van der Waals surface area contributed by atoms with Gasteiger partial charge in [-0.2, -0.15) is 0 Å². The molecule has 0 saturated heterocycles. The lowest BCUT2D eigenvalue weighted by Gasteiger charge is -2.09. The lowest BCUT2D eigenvalue weighted by molar-refractivity contribution is 0.0956. The first kappa shape index (κ1) is 16.3. The number of thiophene rings is 1. The molecule has 3 rings (SSSR count). The second-order valence-corrected chi connectivity index (χ2v) is 6.92. The minimum absolute atomic E-state index is 0.309. The molecule has 0 aliphatic heterocycles. The molecule has 1 aromatic carbocycles. The number of aliphatic hydroxyl groups excluding tert-OH is 2. The first-order valence-corrected chi connectivity index (χ1v) is 8.23. The van der Waals surface area contributed by atoms with Gasteiger partial charge >= 0.3 is 0 Å². The zero-order chi connectivity index (χ0) is 16.6. The Morgan fingerprint density at radius 3 is 2.61 bits per heavy atom. The second kappa shape index (κ2) is 6.51. The predicted octanol–water partition coefficient (Wildman–Crippen LogP) is 3.81. The van der Waals surface area contributed by atoms with Crippen molar-refractivity contribution in [3.05, 3.63) is 50.9 Å². The van der Waals surface area contributed by atoms with Gasteiger partial charge in [0, 0.05) is 5.69 Å². The van der Waals surface area contributed by atoms with Crippen molar-refractivity contribution in [2.75, 3.05) is 11.9 Å². The third-order valence-electron chi connectivity index (χ3n) is 3.34. The summed E-state index contributed by atoms with van der Waals surface area (Å²) < 4.78 is 1.30. The second-order valence-electron chi connectivity index (χ2n) is 4.89. The van der Waals surface area contributed by atoms with Crippen LogP contribution in [0.5, 0.6) is 0 Å². The molecule has 0 bridgehead atoms. The smallest absolute Gasteiger partial charge is 0.272 e. The Hall–Kier alpha value is -1.57. The maximum Gasteiger partial charge on any atom is 0.272 e. The number of anilines is 1. The van der Waals surface area contributed by atoms with Crippen LogP contribution in [0.25, 0.3) is 10.2 Å². The number of H-pyrrole nitrogens is 1. The van der Waals surface area contributed by atoms with Crippen molar-refractivity contribution in [3.8, 4) is 0 Å². The van der Waals surface area contributed by atoms with E-state index >= 15 is 0 Å². The van der Waals surface area contributed by atoms with E-state index in [4.69, 9.17) is 28.3 Å². The van der Waals surface area contributed by atoms with Crippen molar-refractivity contribution in [1.82, 2.24) is 4.98 Å². The molecule has 0 spiro atoms. The number of carbonyl (C=O) groups excluding carboxylic acids is 1. The standard InChI is InChI=1S/C15H12Cl2N2O3S/c16-12-13-11(23-14(12)17)5-9(19-13)15(22)18-8-3-1-7(2-4-8)10(21)6-20/h1-5,10,19-21H,6H2,(H,18,22). The van der Waals surface area contributed by atoms with Crippen LogP contribution < -0.4 is 5.32 Å². The molecule has 0 aliphatic carbocycles. The number of fused-ring (bicyclic) bond motifs is 1. The zero-order valence-electron chi connectivity index (χ0n) is 11.6. The fourth-order valence-corrected chi connectivity index (χ4v) is 3.61. The Morgan fingerprint density at radius 2 is 2.00 bits per heavy atom. The average molecular weight is 371 g/mol. The molecule has 0 saturated carbocycles. The van der Waals surface area contributed by atoms with Gasteiger partial charge in [-0.1, -0.05) is 35.3 Å². The molecule has 3 aromatic rings. The molecule has 1 atom stereocenters. The molecule has 23 heavy (non-hydrogen) atoms. The number of rotatable bonds is 4. The van der Waals surface area contributed by atoms with Gasteiger partial charge in [0.25, 0.3) is 5.91 Å². The first-order valence-electron chi connectivity index (χ1n) is 6.66. The summed E-state index contributed by atoms with van der Waals surface area (Å²) >= 11 is 13.3. The Bertz CT molecular complexity index is 858. The maximum atomic E-state index is 12.2. The predicted molar refractivity (Wildman–Crippen MR) is 92.6 cm³/mol. The van der Waals surface area contributed by atoms with Crippen LogP contribution in [0, 0.1) is 0 Å². The van der Waals surface area contributed by atoms with Crippen LogP contribution >= 0.6 is 34.5 Å². The van der Waals surface area contributed by atoms with E-state index in [2.05, 4.69) is 10.3 Å². The molecule has 2 heterocycles. The Labute approximate surface area is 145 Å². The summed E-state index contributed by atoms with van der Waals surface area (Å²) in [4.78, 5) is 15.2. The summed E-state index contributed by atoms with van der Waals surface area (Å²) in [6, 6.07) is 8.28. The van der Waals surface area contributed by atoms with Crippen LogP contribution in [-0.4, -0.2) is 27.7 Å². The number of hydrogen-bond donors (Lipinski definition) is 4. The summed E-state index contributed by atoms with van der Waals surface area (Å²) in [5.74, 6) is -0.309. The fourth-order valence-electron chi connectivity index (χ4n) is 2.13. The van der Waals surface area contributed by atoms with Crippen molar-refractivity contribution in [2.24, 2.45) is 0 Å². The highest BCUT2D eigenvalue weighted by molar-refractivity contribution is 7.23. The topological polar surface area (TPSA) is 85.3 Å². The highest BCUT2D eigenvalue weighted by atomic mass is 35.5. The Kier molecular flexibility index (Phi) is 4.61. The maximum absolute atomic E-state index is 12.2. The van der Waals surface area contributed by atoms with Crippen LogP contribution in [-0.2, 0) is 0 Å². The highest BCUT2D eigenvalue weighted by Gasteiger charge is 2.16. The normalized spacial score (nSPS) is 12.5. The van der Waals surface area contributed by atoms with Crippen molar-refractivity contribution < 1.29 is 15.0 Å². The molecule has 1 unspecified atom stereocenters. The minimum atomic E-state index is -0.929. The quantitative estimate of drug-likeness (QED) is 0.563. The van der Waals surface area contributed by atoms with Gasteiger partial charge in [-0.05, 0) is 23.8 Å². The summed E-state index contributed by atoms with van der Waals surface area (Å²) in [7, 11) is 0. The first-order chi connectivity index (χ1) is 11.0. The number of hydrogen-bond acceptors (Lipinski definition) is 4. The molecular formula is C15H12Cl2N2O3S. The molecule has 120 valence electrons. The van der Waals surface area contributed by atoms with Gasteiger partial charge in [0.1, 0.15) is 16.1 Å². The van der Waals surface area contributed by atoms with Crippen LogP contribution in [0.4, 0.5) is 5.69 Å². The van der Waals surface area contributed by atoms with Gasteiger partial charge in [0.15, 0.2) is 0 Å². The lowest BCUT2D eigenvalue weighted by atomic mass is 10.1. The van der Waals surface area contributed by atoms with Crippen molar-refractivity contribution in [2.45, 2.75) is 6.10 Å². The summed E-state index contributed by atoms with van der Waals surface area (Å²) in [5, 5.41) is 21.6. The van der Waals surface area contributed by atoms with Crippen molar-refractivity contribution in [1.29, 1.82) is 0 Å². The van der Waals surface area contributed by atoms with Crippen LogP contribution in [0.3, 0.4) is 0 Å². The molecule has 4 N–H and O–H groups in total. The van der Waals surface area contributed by atoms with Gasteiger partial charge in [0.2, 0.25) is 0 Å². The van der Waals surface area contributed by atoms with Gasteiger partial charge in [0.05, 0.1) is 21.8 Å². The number of aromatic nitrogens is 1. The van der Waals surface area contributed by atoms with Crippen molar-refractivity contribution in [3.63, 3.8) is 0 Å². The average Bonchev–Trinajstić information content (AvgIpc) is 3.08. The molecule has 8 heteroatoms. The minimum Gasteiger partial charge on any atom is -0.393 e.